The zero-order valence-corrected chi connectivity index (χ0v) is 16.4. The fourth-order valence-corrected chi connectivity index (χ4v) is 3.20. The summed E-state index contributed by atoms with van der Waals surface area (Å²) in [6.45, 7) is 13.8. The van der Waals surface area contributed by atoms with Gasteiger partial charge >= 0.3 is 0 Å². The first-order valence-corrected chi connectivity index (χ1v) is 9.56. The van der Waals surface area contributed by atoms with Gasteiger partial charge in [0.15, 0.2) is 5.96 Å². The van der Waals surface area contributed by atoms with E-state index < -0.39 is 0 Å². The van der Waals surface area contributed by atoms with Gasteiger partial charge in [-0.25, -0.2) is 4.98 Å². The zero-order chi connectivity index (χ0) is 17.9. The summed E-state index contributed by atoms with van der Waals surface area (Å²) in [6, 6.07) is 0. The highest BCUT2D eigenvalue weighted by Gasteiger charge is 2.09. The van der Waals surface area contributed by atoms with E-state index in [2.05, 4.69) is 27.5 Å². The second kappa shape index (κ2) is 11.0. The minimum atomic E-state index is 0.178. The Balaban J connectivity index is 2.43. The molecule has 0 saturated carbocycles. The van der Waals surface area contributed by atoms with Crippen LogP contribution in [0.1, 0.15) is 42.8 Å². The second-order valence-electron chi connectivity index (χ2n) is 5.50. The molecular weight excluding hydrogens is 322 g/mol. The van der Waals surface area contributed by atoms with Gasteiger partial charge in [-0.2, -0.15) is 0 Å². The molecule has 0 aliphatic heterocycles. The van der Waals surface area contributed by atoms with Crippen molar-refractivity contribution in [3.05, 3.63) is 15.6 Å². The predicted molar refractivity (Wildman–Crippen MR) is 102 cm³/mol. The highest BCUT2D eigenvalue weighted by atomic mass is 32.1. The number of hydrogen-bond acceptors (Lipinski definition) is 4. The monoisotopic (exact) mass is 353 g/mol. The molecule has 0 atom stereocenters. The van der Waals surface area contributed by atoms with Crippen LogP contribution in [0.5, 0.6) is 0 Å². The molecule has 24 heavy (non-hydrogen) atoms. The quantitative estimate of drug-likeness (QED) is 0.527. The van der Waals surface area contributed by atoms with E-state index in [9.17, 15) is 4.79 Å². The van der Waals surface area contributed by atoms with Gasteiger partial charge in [-0.3, -0.25) is 9.79 Å². The van der Waals surface area contributed by atoms with Gasteiger partial charge in [0.1, 0.15) is 0 Å². The Bertz CT molecular complexity index is 518. The topological polar surface area (TPSA) is 69.6 Å². The predicted octanol–water partition coefficient (Wildman–Crippen LogP) is 2.12. The highest BCUT2D eigenvalue weighted by Crippen LogP contribution is 2.16. The standard InChI is InChI=1S/C17H31N5OS/c1-6-18-17(20-12-10-16(23)22(7-2)8-3)19-11-9-15-21-13(4)14(5)24-15/h6-12H2,1-5H3,(H2,18,19,20). The number of hydrogen-bond donors (Lipinski definition) is 2. The number of amides is 1. The number of aromatic nitrogens is 1. The molecule has 0 bridgehead atoms. The van der Waals surface area contributed by atoms with Crippen LogP contribution in [0.25, 0.3) is 0 Å². The number of nitrogens with one attached hydrogen (secondary N) is 2. The molecule has 6 nitrogen and oxygen atoms in total. The lowest BCUT2D eigenvalue weighted by Crippen LogP contribution is -2.40. The first-order valence-electron chi connectivity index (χ1n) is 8.74. The van der Waals surface area contributed by atoms with E-state index in [-0.39, 0.29) is 5.91 Å². The fourth-order valence-electron chi connectivity index (χ4n) is 2.27. The molecule has 0 radical (unpaired) electrons. The summed E-state index contributed by atoms with van der Waals surface area (Å²) in [5.41, 5.74) is 1.11. The Morgan fingerprint density at radius 3 is 2.46 bits per heavy atom. The largest absolute Gasteiger partial charge is 0.357 e. The summed E-state index contributed by atoms with van der Waals surface area (Å²) in [7, 11) is 0. The normalized spacial score (nSPS) is 11.5. The number of nitrogens with zero attached hydrogens (tertiary/aromatic N) is 3. The summed E-state index contributed by atoms with van der Waals surface area (Å²) >= 11 is 1.74. The lowest BCUT2D eigenvalue weighted by atomic mass is 10.3. The van der Waals surface area contributed by atoms with E-state index in [4.69, 9.17) is 0 Å². The van der Waals surface area contributed by atoms with Gasteiger partial charge in [-0.15, -0.1) is 11.3 Å². The van der Waals surface area contributed by atoms with Crippen LogP contribution in [0, 0.1) is 13.8 Å². The van der Waals surface area contributed by atoms with Crippen LogP contribution >= 0.6 is 11.3 Å². The van der Waals surface area contributed by atoms with Crippen LogP contribution in [0.2, 0.25) is 0 Å². The van der Waals surface area contributed by atoms with Crippen molar-refractivity contribution in [3.63, 3.8) is 0 Å². The number of carbonyl (C=O) groups excluding carboxylic acids is 1. The molecule has 0 aromatic carbocycles. The molecule has 0 unspecified atom stereocenters. The molecule has 136 valence electrons. The maximum atomic E-state index is 12.0. The van der Waals surface area contributed by atoms with E-state index in [1.54, 1.807) is 11.3 Å². The molecule has 1 heterocycles. The van der Waals surface area contributed by atoms with Gasteiger partial charge in [-0.1, -0.05) is 0 Å². The third kappa shape index (κ3) is 6.86. The number of aryl methyl sites for hydroxylation is 2. The van der Waals surface area contributed by atoms with Crippen LogP contribution < -0.4 is 10.6 Å². The van der Waals surface area contributed by atoms with Gasteiger partial charge in [0.2, 0.25) is 5.91 Å². The van der Waals surface area contributed by atoms with E-state index in [1.165, 1.54) is 4.88 Å². The van der Waals surface area contributed by atoms with Gasteiger partial charge in [0.05, 0.1) is 10.7 Å². The molecule has 0 saturated heterocycles. The fraction of sp³-hybridized carbons (Fsp3) is 0.706. The van der Waals surface area contributed by atoms with Crippen molar-refractivity contribution in [2.45, 2.75) is 47.5 Å². The average Bonchev–Trinajstić information content (AvgIpc) is 2.86. The molecule has 2 N–H and O–H groups in total. The Morgan fingerprint density at radius 1 is 1.21 bits per heavy atom. The highest BCUT2D eigenvalue weighted by molar-refractivity contribution is 7.11. The van der Waals surface area contributed by atoms with Crippen molar-refractivity contribution in [3.8, 4) is 0 Å². The maximum absolute atomic E-state index is 12.0. The number of rotatable bonds is 9. The molecule has 0 fully saturated rings. The van der Waals surface area contributed by atoms with Crippen molar-refractivity contribution in [1.29, 1.82) is 0 Å². The average molecular weight is 354 g/mol. The van der Waals surface area contributed by atoms with Gasteiger partial charge < -0.3 is 15.5 Å². The lowest BCUT2D eigenvalue weighted by Gasteiger charge is -2.19. The number of aliphatic imine (C=N–C) groups is 1. The van der Waals surface area contributed by atoms with Crippen LogP contribution in [-0.4, -0.2) is 54.5 Å². The number of guanidine groups is 1. The molecule has 1 amide bonds. The zero-order valence-electron chi connectivity index (χ0n) is 15.6. The Labute approximate surface area is 149 Å². The van der Waals surface area contributed by atoms with Crippen molar-refractivity contribution in [2.75, 3.05) is 32.7 Å². The van der Waals surface area contributed by atoms with E-state index in [0.29, 0.717) is 19.5 Å². The summed E-state index contributed by atoms with van der Waals surface area (Å²) in [4.78, 5) is 24.2. The Hall–Kier alpha value is -1.63. The molecule has 1 aromatic heterocycles. The van der Waals surface area contributed by atoms with Crippen molar-refractivity contribution in [2.24, 2.45) is 4.99 Å². The molecule has 0 aliphatic carbocycles. The molecule has 0 spiro atoms. The number of carbonyl (C=O) groups is 1. The van der Waals surface area contributed by atoms with Gasteiger partial charge in [-0.05, 0) is 34.6 Å². The van der Waals surface area contributed by atoms with Crippen molar-refractivity contribution < 1.29 is 4.79 Å². The Morgan fingerprint density at radius 2 is 1.92 bits per heavy atom. The van der Waals surface area contributed by atoms with Gasteiger partial charge in [0.25, 0.3) is 0 Å². The first-order chi connectivity index (χ1) is 11.5. The molecule has 0 aliphatic rings. The summed E-state index contributed by atoms with van der Waals surface area (Å²) in [5.74, 6) is 0.937. The lowest BCUT2D eigenvalue weighted by molar-refractivity contribution is -0.130. The van der Waals surface area contributed by atoms with Crippen LogP contribution in [-0.2, 0) is 11.2 Å². The third-order valence-corrected chi connectivity index (χ3v) is 4.89. The van der Waals surface area contributed by atoms with Gasteiger partial charge in [0, 0.05) is 50.4 Å². The first kappa shape index (κ1) is 20.4. The Kier molecular flexibility index (Phi) is 9.37. The summed E-state index contributed by atoms with van der Waals surface area (Å²) in [5, 5.41) is 7.57. The summed E-state index contributed by atoms with van der Waals surface area (Å²) in [6.07, 6.45) is 1.32. The van der Waals surface area contributed by atoms with E-state index >= 15 is 0 Å². The SMILES string of the molecule is CCNC(=NCCc1nc(C)c(C)s1)NCCC(=O)N(CC)CC. The molecule has 1 aromatic rings. The van der Waals surface area contributed by atoms with E-state index in [0.717, 1.165) is 42.7 Å². The maximum Gasteiger partial charge on any atom is 0.224 e. The minimum absolute atomic E-state index is 0.178. The number of thiazole rings is 1. The van der Waals surface area contributed by atoms with Crippen LogP contribution in [0.4, 0.5) is 0 Å². The minimum Gasteiger partial charge on any atom is -0.357 e. The van der Waals surface area contributed by atoms with E-state index in [1.807, 2.05) is 32.6 Å². The molecule has 1 rings (SSSR count). The molecular formula is C17H31N5OS. The van der Waals surface area contributed by atoms with Crippen LogP contribution in [0.3, 0.4) is 0 Å². The van der Waals surface area contributed by atoms with Crippen LogP contribution in [0.15, 0.2) is 4.99 Å². The van der Waals surface area contributed by atoms with Crippen molar-refractivity contribution in [1.82, 2.24) is 20.5 Å². The smallest absolute Gasteiger partial charge is 0.224 e. The third-order valence-electron chi connectivity index (χ3n) is 3.76. The summed E-state index contributed by atoms with van der Waals surface area (Å²) < 4.78 is 0. The van der Waals surface area contributed by atoms with Crippen molar-refractivity contribution >= 4 is 23.2 Å². The molecule has 7 heteroatoms. The second-order valence-corrected chi connectivity index (χ2v) is 6.79.